The van der Waals surface area contributed by atoms with Crippen LogP contribution in [0.25, 0.3) is 0 Å². The Bertz CT molecular complexity index is 416. The minimum atomic E-state index is -0.658. The Kier molecular flexibility index (Phi) is 2.90. The van der Waals surface area contributed by atoms with Crippen LogP contribution < -0.4 is 11.5 Å². The summed E-state index contributed by atoms with van der Waals surface area (Å²) in [5, 5.41) is 0. The van der Waals surface area contributed by atoms with Crippen LogP contribution >= 0.6 is 15.9 Å². The van der Waals surface area contributed by atoms with Crippen LogP contribution in [0.1, 0.15) is 26.3 Å². The molecule has 0 aromatic heterocycles. The molecule has 0 spiro atoms. The van der Waals surface area contributed by atoms with Crippen molar-refractivity contribution in [3.8, 4) is 0 Å². The molecule has 1 rings (SSSR count). The number of carbonyl (C=O) groups excluding carboxylic acids is 2. The lowest BCUT2D eigenvalue weighted by Gasteiger charge is -2.08. The second-order valence-electron chi connectivity index (χ2n) is 2.82. The molecular formula is C9H9BrN2O2. The molecule has 0 fully saturated rings. The van der Waals surface area contributed by atoms with Crippen LogP contribution in [0.5, 0.6) is 0 Å². The Labute approximate surface area is 89.4 Å². The third-order valence-electron chi connectivity index (χ3n) is 1.91. The summed E-state index contributed by atoms with van der Waals surface area (Å²) in [6, 6.07) is 3.13. The van der Waals surface area contributed by atoms with Crippen molar-refractivity contribution in [1.82, 2.24) is 0 Å². The van der Waals surface area contributed by atoms with Gasteiger partial charge in [-0.25, -0.2) is 0 Å². The van der Waals surface area contributed by atoms with Crippen molar-refractivity contribution in [3.05, 3.63) is 33.3 Å². The molecule has 1 aromatic carbocycles. The third kappa shape index (κ3) is 1.77. The minimum absolute atomic E-state index is 0.151. The van der Waals surface area contributed by atoms with Crippen molar-refractivity contribution in [2.75, 3.05) is 0 Å². The van der Waals surface area contributed by atoms with Crippen molar-refractivity contribution >= 4 is 27.7 Å². The quantitative estimate of drug-likeness (QED) is 0.826. The lowest BCUT2D eigenvalue weighted by atomic mass is 10.0. The van der Waals surface area contributed by atoms with E-state index in [1.54, 1.807) is 13.0 Å². The van der Waals surface area contributed by atoms with Crippen molar-refractivity contribution in [2.24, 2.45) is 11.5 Å². The topological polar surface area (TPSA) is 86.2 Å². The number of halogens is 1. The molecule has 1 aromatic rings. The number of nitrogens with two attached hydrogens (primary N) is 2. The highest BCUT2D eigenvalue weighted by Crippen LogP contribution is 2.22. The van der Waals surface area contributed by atoms with Gasteiger partial charge < -0.3 is 11.5 Å². The molecule has 0 atom stereocenters. The first-order valence-corrected chi connectivity index (χ1v) is 4.63. The van der Waals surface area contributed by atoms with Crippen LogP contribution in [0.15, 0.2) is 16.6 Å². The number of rotatable bonds is 2. The fourth-order valence-corrected chi connectivity index (χ4v) is 1.54. The van der Waals surface area contributed by atoms with E-state index >= 15 is 0 Å². The predicted molar refractivity (Wildman–Crippen MR) is 55.9 cm³/mol. The largest absolute Gasteiger partial charge is 0.366 e. The molecule has 14 heavy (non-hydrogen) atoms. The summed E-state index contributed by atoms with van der Waals surface area (Å²) < 4.78 is 0.719. The van der Waals surface area contributed by atoms with Gasteiger partial charge in [0.2, 0.25) is 11.8 Å². The highest BCUT2D eigenvalue weighted by molar-refractivity contribution is 9.10. The smallest absolute Gasteiger partial charge is 0.249 e. The summed E-state index contributed by atoms with van der Waals surface area (Å²) >= 11 is 3.24. The first kappa shape index (κ1) is 10.7. The molecule has 0 bridgehead atoms. The van der Waals surface area contributed by atoms with Crippen molar-refractivity contribution in [3.63, 3.8) is 0 Å². The zero-order valence-electron chi connectivity index (χ0n) is 7.50. The Balaban J connectivity index is 3.53. The zero-order valence-corrected chi connectivity index (χ0v) is 9.09. The number of carbonyl (C=O) groups is 2. The van der Waals surface area contributed by atoms with Gasteiger partial charge in [0.05, 0.1) is 11.1 Å². The van der Waals surface area contributed by atoms with Gasteiger partial charge in [-0.2, -0.15) is 0 Å². The Morgan fingerprint density at radius 3 is 2.21 bits per heavy atom. The summed E-state index contributed by atoms with van der Waals surface area (Å²) in [4.78, 5) is 22.1. The summed E-state index contributed by atoms with van der Waals surface area (Å²) in [6.45, 7) is 1.69. The normalized spacial score (nSPS) is 9.86. The lowest BCUT2D eigenvalue weighted by Crippen LogP contribution is -2.21. The maximum Gasteiger partial charge on any atom is 0.249 e. The van der Waals surface area contributed by atoms with E-state index in [2.05, 4.69) is 15.9 Å². The van der Waals surface area contributed by atoms with Crippen LogP contribution in [0.4, 0.5) is 0 Å². The Hall–Kier alpha value is -1.36. The zero-order chi connectivity index (χ0) is 10.9. The minimum Gasteiger partial charge on any atom is -0.366 e. The standard InChI is InChI=1S/C9H9BrN2O2/c1-4-6(10)3-2-5(8(11)13)7(4)9(12)14/h2-3H,1H3,(H2,11,13)(H2,12,14). The number of hydrogen-bond donors (Lipinski definition) is 2. The number of benzene rings is 1. The van der Waals surface area contributed by atoms with E-state index < -0.39 is 11.8 Å². The molecule has 0 radical (unpaired) electrons. The van der Waals surface area contributed by atoms with Gasteiger partial charge in [0, 0.05) is 4.47 Å². The molecule has 5 heteroatoms. The van der Waals surface area contributed by atoms with E-state index in [9.17, 15) is 9.59 Å². The highest BCUT2D eigenvalue weighted by Gasteiger charge is 2.16. The predicted octanol–water partition coefficient (Wildman–Crippen LogP) is 0.955. The monoisotopic (exact) mass is 256 g/mol. The summed E-state index contributed by atoms with van der Waals surface area (Å²) in [7, 11) is 0. The van der Waals surface area contributed by atoms with Gasteiger partial charge in [-0.15, -0.1) is 0 Å². The van der Waals surface area contributed by atoms with Crippen LogP contribution in [0.2, 0.25) is 0 Å². The highest BCUT2D eigenvalue weighted by atomic mass is 79.9. The average Bonchev–Trinajstić information content (AvgIpc) is 2.08. The van der Waals surface area contributed by atoms with E-state index in [-0.39, 0.29) is 11.1 Å². The summed E-state index contributed by atoms with van der Waals surface area (Å²) in [6.07, 6.45) is 0. The molecule has 0 saturated heterocycles. The van der Waals surface area contributed by atoms with E-state index in [0.29, 0.717) is 5.56 Å². The third-order valence-corrected chi connectivity index (χ3v) is 2.77. The molecule has 0 aliphatic heterocycles. The number of amides is 2. The fraction of sp³-hybridized carbons (Fsp3) is 0.111. The lowest BCUT2D eigenvalue weighted by molar-refractivity contribution is 0.0966. The molecule has 74 valence electrons. The molecule has 0 unspecified atom stereocenters. The van der Waals surface area contributed by atoms with Crippen LogP contribution in [-0.4, -0.2) is 11.8 Å². The molecule has 4 N–H and O–H groups in total. The average molecular weight is 257 g/mol. The molecule has 2 amide bonds. The van der Waals surface area contributed by atoms with Crippen LogP contribution in [0.3, 0.4) is 0 Å². The second-order valence-corrected chi connectivity index (χ2v) is 3.68. The van der Waals surface area contributed by atoms with Crippen LogP contribution in [-0.2, 0) is 0 Å². The molecule has 0 heterocycles. The Morgan fingerprint density at radius 2 is 1.79 bits per heavy atom. The first-order valence-electron chi connectivity index (χ1n) is 3.84. The fourth-order valence-electron chi connectivity index (χ4n) is 1.21. The van der Waals surface area contributed by atoms with Crippen molar-refractivity contribution in [2.45, 2.75) is 6.92 Å². The van der Waals surface area contributed by atoms with Crippen molar-refractivity contribution < 1.29 is 9.59 Å². The number of hydrogen-bond acceptors (Lipinski definition) is 2. The van der Waals surface area contributed by atoms with E-state index in [4.69, 9.17) is 11.5 Å². The molecule has 0 saturated carbocycles. The van der Waals surface area contributed by atoms with Gasteiger partial charge in [-0.05, 0) is 24.6 Å². The van der Waals surface area contributed by atoms with Gasteiger partial charge >= 0.3 is 0 Å². The second kappa shape index (κ2) is 3.79. The van der Waals surface area contributed by atoms with Crippen molar-refractivity contribution in [1.29, 1.82) is 0 Å². The molecule has 4 nitrogen and oxygen atoms in total. The van der Waals surface area contributed by atoms with E-state index in [1.165, 1.54) is 6.07 Å². The summed E-state index contributed by atoms with van der Waals surface area (Å²) in [5.74, 6) is -1.31. The maximum atomic E-state index is 11.1. The SMILES string of the molecule is Cc1c(Br)ccc(C(N)=O)c1C(N)=O. The maximum absolute atomic E-state index is 11.1. The van der Waals surface area contributed by atoms with Gasteiger partial charge in [0.25, 0.3) is 0 Å². The van der Waals surface area contributed by atoms with E-state index in [0.717, 1.165) is 4.47 Å². The number of primary amides is 2. The van der Waals surface area contributed by atoms with Gasteiger partial charge in [-0.3, -0.25) is 9.59 Å². The molecule has 0 aliphatic carbocycles. The Morgan fingerprint density at radius 1 is 1.21 bits per heavy atom. The van der Waals surface area contributed by atoms with Gasteiger partial charge in [0.15, 0.2) is 0 Å². The van der Waals surface area contributed by atoms with E-state index in [1.807, 2.05) is 0 Å². The molecular weight excluding hydrogens is 248 g/mol. The van der Waals surface area contributed by atoms with Gasteiger partial charge in [-0.1, -0.05) is 15.9 Å². The first-order chi connectivity index (χ1) is 6.45. The van der Waals surface area contributed by atoms with Gasteiger partial charge in [0.1, 0.15) is 0 Å². The molecule has 0 aliphatic rings. The van der Waals surface area contributed by atoms with Crippen LogP contribution in [0, 0.1) is 6.92 Å². The summed E-state index contributed by atoms with van der Waals surface area (Å²) in [5.41, 5.74) is 11.2.